The maximum absolute atomic E-state index is 15.0. The Balaban J connectivity index is 1.50. The van der Waals surface area contributed by atoms with E-state index in [0.29, 0.717) is 34.5 Å². The maximum atomic E-state index is 15.0. The molecule has 2 aliphatic heterocycles. The summed E-state index contributed by atoms with van der Waals surface area (Å²) in [5.41, 5.74) is 0.639. The lowest BCUT2D eigenvalue weighted by atomic mass is 9.96. The molecule has 1 fully saturated rings. The number of piperidine rings is 1. The number of aromatic nitrogens is 3. The number of ether oxygens (including phenoxy) is 2. The molecule has 2 aliphatic rings. The van der Waals surface area contributed by atoms with Crippen LogP contribution < -0.4 is 20.1 Å². The second-order valence-electron chi connectivity index (χ2n) is 7.39. The largest absolute Gasteiger partial charge is 0.586 e. The molecule has 0 bridgehead atoms. The molecule has 0 spiro atoms. The SMILES string of the molecule is FC1(F)Oc2ccc(-c3cc4nccnc4c(NC[C@]4(F)CCCNC4)n3)cc2O1. The zero-order chi connectivity index (χ0) is 20.8. The van der Waals surface area contributed by atoms with Gasteiger partial charge in [-0.1, -0.05) is 0 Å². The van der Waals surface area contributed by atoms with Crippen LogP contribution in [0, 0.1) is 0 Å². The van der Waals surface area contributed by atoms with Crippen molar-refractivity contribution in [2.45, 2.75) is 24.8 Å². The van der Waals surface area contributed by atoms with Crippen LogP contribution in [0.5, 0.6) is 11.5 Å². The van der Waals surface area contributed by atoms with Crippen LogP contribution in [0.15, 0.2) is 36.7 Å². The van der Waals surface area contributed by atoms with Gasteiger partial charge in [-0.3, -0.25) is 4.98 Å². The Hall–Kier alpha value is -3.14. The molecule has 2 aromatic heterocycles. The monoisotopic (exact) mass is 417 g/mol. The Morgan fingerprint density at radius 2 is 1.90 bits per heavy atom. The highest BCUT2D eigenvalue weighted by atomic mass is 19.3. The number of pyridine rings is 1. The molecular weight excluding hydrogens is 399 g/mol. The summed E-state index contributed by atoms with van der Waals surface area (Å²) in [5.74, 6) is 0.247. The number of benzene rings is 1. The molecule has 2 N–H and O–H groups in total. The predicted octanol–water partition coefficient (Wildman–Crippen LogP) is 3.52. The normalized spacial score (nSPS) is 22.2. The number of nitrogens with zero attached hydrogens (tertiary/aromatic N) is 3. The van der Waals surface area contributed by atoms with Crippen LogP contribution in [0.3, 0.4) is 0 Å². The number of nitrogens with one attached hydrogen (secondary N) is 2. The van der Waals surface area contributed by atoms with E-state index in [-0.39, 0.29) is 24.6 Å². The minimum atomic E-state index is -3.70. The van der Waals surface area contributed by atoms with E-state index in [4.69, 9.17) is 0 Å². The van der Waals surface area contributed by atoms with Crippen molar-refractivity contribution >= 4 is 16.9 Å². The first-order valence-corrected chi connectivity index (χ1v) is 9.56. The topological polar surface area (TPSA) is 81.2 Å². The predicted molar refractivity (Wildman–Crippen MR) is 103 cm³/mol. The fourth-order valence-electron chi connectivity index (χ4n) is 3.68. The molecule has 0 unspecified atom stereocenters. The number of hydrogen-bond donors (Lipinski definition) is 2. The van der Waals surface area contributed by atoms with Gasteiger partial charge in [0.2, 0.25) is 0 Å². The van der Waals surface area contributed by atoms with Crippen molar-refractivity contribution in [3.63, 3.8) is 0 Å². The Labute approximate surface area is 169 Å². The molecule has 0 radical (unpaired) electrons. The van der Waals surface area contributed by atoms with Crippen molar-refractivity contribution in [2.24, 2.45) is 0 Å². The second-order valence-corrected chi connectivity index (χ2v) is 7.39. The zero-order valence-corrected chi connectivity index (χ0v) is 15.8. The van der Waals surface area contributed by atoms with Crippen molar-refractivity contribution in [1.82, 2.24) is 20.3 Å². The summed E-state index contributed by atoms with van der Waals surface area (Å²) in [6.07, 6.45) is 0.586. The third kappa shape index (κ3) is 3.58. The minimum Gasteiger partial charge on any atom is -0.395 e. The smallest absolute Gasteiger partial charge is 0.395 e. The molecule has 30 heavy (non-hydrogen) atoms. The molecule has 156 valence electrons. The fraction of sp³-hybridized carbons (Fsp3) is 0.350. The number of rotatable bonds is 4. The Bertz CT molecular complexity index is 1100. The van der Waals surface area contributed by atoms with Crippen LogP contribution in [-0.2, 0) is 0 Å². The van der Waals surface area contributed by atoms with Crippen LogP contribution in [0.2, 0.25) is 0 Å². The highest BCUT2D eigenvalue weighted by Gasteiger charge is 2.43. The molecular formula is C20H18F3N5O2. The van der Waals surface area contributed by atoms with Crippen molar-refractivity contribution in [1.29, 1.82) is 0 Å². The van der Waals surface area contributed by atoms with E-state index in [1.54, 1.807) is 12.1 Å². The van der Waals surface area contributed by atoms with Crippen molar-refractivity contribution in [3.05, 3.63) is 36.7 Å². The molecule has 0 amide bonds. The molecule has 1 aromatic carbocycles. The average Bonchev–Trinajstić information content (AvgIpc) is 3.05. The van der Waals surface area contributed by atoms with E-state index >= 15 is 4.39 Å². The first-order chi connectivity index (χ1) is 14.4. The lowest BCUT2D eigenvalue weighted by molar-refractivity contribution is -0.286. The van der Waals surface area contributed by atoms with Crippen LogP contribution in [0.25, 0.3) is 22.3 Å². The van der Waals surface area contributed by atoms with E-state index in [9.17, 15) is 8.78 Å². The highest BCUT2D eigenvalue weighted by molar-refractivity contribution is 5.88. The minimum absolute atomic E-state index is 0.0492. The lowest BCUT2D eigenvalue weighted by Crippen LogP contribution is -2.46. The van der Waals surface area contributed by atoms with Crippen LogP contribution in [0.4, 0.5) is 19.0 Å². The molecule has 1 saturated heterocycles. The first kappa shape index (κ1) is 18.9. The molecule has 4 heterocycles. The van der Waals surface area contributed by atoms with E-state index in [0.717, 1.165) is 13.0 Å². The molecule has 3 aromatic rings. The van der Waals surface area contributed by atoms with Crippen LogP contribution in [0.1, 0.15) is 12.8 Å². The van der Waals surface area contributed by atoms with Gasteiger partial charge in [-0.25, -0.2) is 14.4 Å². The number of anilines is 1. The van der Waals surface area contributed by atoms with E-state index < -0.39 is 12.0 Å². The summed E-state index contributed by atoms with van der Waals surface area (Å²) in [7, 11) is 0. The Kier molecular flexibility index (Phi) is 4.39. The summed E-state index contributed by atoms with van der Waals surface area (Å²) < 4.78 is 50.6. The van der Waals surface area contributed by atoms with Gasteiger partial charge in [-0.2, -0.15) is 0 Å². The molecule has 1 atom stereocenters. The van der Waals surface area contributed by atoms with E-state index in [2.05, 4.69) is 35.1 Å². The van der Waals surface area contributed by atoms with Gasteiger partial charge in [0.15, 0.2) is 17.3 Å². The van der Waals surface area contributed by atoms with Crippen molar-refractivity contribution in [3.8, 4) is 22.8 Å². The van der Waals surface area contributed by atoms with Gasteiger partial charge in [0.25, 0.3) is 0 Å². The van der Waals surface area contributed by atoms with Gasteiger partial charge in [-0.15, -0.1) is 8.78 Å². The van der Waals surface area contributed by atoms with Crippen molar-refractivity contribution < 1.29 is 22.6 Å². The Morgan fingerprint density at radius 3 is 2.73 bits per heavy atom. The molecule has 7 nitrogen and oxygen atoms in total. The summed E-state index contributed by atoms with van der Waals surface area (Å²) in [6, 6.07) is 6.11. The molecule has 5 rings (SSSR count). The van der Waals surface area contributed by atoms with Gasteiger partial charge in [0.05, 0.1) is 17.8 Å². The van der Waals surface area contributed by atoms with E-state index in [1.807, 2.05) is 0 Å². The molecule has 0 aliphatic carbocycles. The quantitative estimate of drug-likeness (QED) is 0.672. The van der Waals surface area contributed by atoms with Crippen molar-refractivity contribution in [2.75, 3.05) is 25.0 Å². The number of alkyl halides is 3. The Morgan fingerprint density at radius 1 is 1.07 bits per heavy atom. The van der Waals surface area contributed by atoms with E-state index in [1.165, 1.54) is 24.5 Å². The van der Waals surface area contributed by atoms with Gasteiger partial charge < -0.3 is 20.1 Å². The average molecular weight is 417 g/mol. The van der Waals surface area contributed by atoms with Gasteiger partial charge in [-0.05, 0) is 43.7 Å². The number of fused-ring (bicyclic) bond motifs is 2. The highest BCUT2D eigenvalue weighted by Crippen LogP contribution is 2.43. The summed E-state index contributed by atoms with van der Waals surface area (Å²) in [6.45, 7) is 1.13. The molecule has 0 saturated carbocycles. The summed E-state index contributed by atoms with van der Waals surface area (Å²) in [5, 5.41) is 6.14. The van der Waals surface area contributed by atoms with Gasteiger partial charge >= 0.3 is 6.29 Å². The number of hydrogen-bond acceptors (Lipinski definition) is 7. The lowest BCUT2D eigenvalue weighted by Gasteiger charge is -2.30. The van der Waals surface area contributed by atoms with Crippen LogP contribution >= 0.6 is 0 Å². The zero-order valence-electron chi connectivity index (χ0n) is 15.8. The van der Waals surface area contributed by atoms with Crippen LogP contribution in [-0.4, -0.2) is 46.5 Å². The maximum Gasteiger partial charge on any atom is 0.586 e. The third-order valence-corrected chi connectivity index (χ3v) is 5.15. The second kappa shape index (κ2) is 6.98. The summed E-state index contributed by atoms with van der Waals surface area (Å²) >= 11 is 0. The standard InChI is InChI=1S/C20H18F3N5O2/c21-19(4-1-5-24-10-19)11-27-18-17-14(25-6-7-26-17)9-13(28-18)12-2-3-15-16(8-12)30-20(22,23)29-15/h2-3,6-9,24H,1,4-5,10-11H2,(H,27,28)/t19-/m0/s1. The van der Waals surface area contributed by atoms with Gasteiger partial charge in [0.1, 0.15) is 11.2 Å². The fourth-order valence-corrected chi connectivity index (χ4v) is 3.68. The first-order valence-electron chi connectivity index (χ1n) is 9.56. The third-order valence-electron chi connectivity index (χ3n) is 5.15. The molecule has 10 heteroatoms. The number of halogens is 3. The van der Waals surface area contributed by atoms with Gasteiger partial charge in [0, 0.05) is 24.5 Å². The summed E-state index contributed by atoms with van der Waals surface area (Å²) in [4.78, 5) is 13.2.